The molecule has 19 heavy (non-hydrogen) atoms. The lowest BCUT2D eigenvalue weighted by atomic mass is 9.87. The second kappa shape index (κ2) is 5.21. The summed E-state index contributed by atoms with van der Waals surface area (Å²) in [5.41, 5.74) is 2.74. The molecule has 2 N–H and O–H groups in total. The van der Waals surface area contributed by atoms with Crippen molar-refractivity contribution in [1.29, 1.82) is 0 Å². The van der Waals surface area contributed by atoms with Crippen molar-refractivity contribution in [2.75, 3.05) is 13.7 Å². The van der Waals surface area contributed by atoms with Crippen molar-refractivity contribution in [2.24, 2.45) is 0 Å². The highest BCUT2D eigenvalue weighted by atomic mass is 16.5. The minimum atomic E-state index is 0.152. The Bertz CT molecular complexity index is 487. The number of ether oxygens (including phenoxy) is 1. The molecule has 4 nitrogen and oxygen atoms in total. The van der Waals surface area contributed by atoms with E-state index in [1.165, 1.54) is 17.5 Å². The third-order valence-electron chi connectivity index (χ3n) is 4.08. The van der Waals surface area contributed by atoms with Crippen LogP contribution in [0.4, 0.5) is 0 Å². The fourth-order valence-corrected chi connectivity index (χ4v) is 3.08. The number of amides is 1. The predicted molar refractivity (Wildman–Crippen MR) is 73.2 cm³/mol. The van der Waals surface area contributed by atoms with Crippen LogP contribution in [-0.2, 0) is 11.2 Å². The van der Waals surface area contributed by atoms with E-state index < -0.39 is 0 Å². The van der Waals surface area contributed by atoms with Crippen molar-refractivity contribution in [2.45, 2.75) is 37.8 Å². The molecule has 2 unspecified atom stereocenters. The van der Waals surface area contributed by atoms with Gasteiger partial charge in [-0.2, -0.15) is 0 Å². The molecule has 4 heteroatoms. The number of carbonyl (C=O) groups is 1. The average Bonchev–Trinajstić information content (AvgIpc) is 2.84. The van der Waals surface area contributed by atoms with Gasteiger partial charge in [-0.15, -0.1) is 0 Å². The number of rotatable bonds is 3. The zero-order chi connectivity index (χ0) is 13.2. The van der Waals surface area contributed by atoms with Crippen LogP contribution in [0.5, 0.6) is 5.75 Å². The van der Waals surface area contributed by atoms with Gasteiger partial charge in [-0.1, -0.05) is 6.07 Å². The number of aryl methyl sites for hydroxylation is 1. The number of hydrogen-bond donors (Lipinski definition) is 2. The first-order valence-corrected chi connectivity index (χ1v) is 6.96. The Hall–Kier alpha value is -1.55. The molecule has 0 radical (unpaired) electrons. The van der Waals surface area contributed by atoms with Crippen molar-refractivity contribution in [3.05, 3.63) is 29.3 Å². The van der Waals surface area contributed by atoms with Gasteiger partial charge in [0, 0.05) is 25.0 Å². The molecule has 2 atom stereocenters. The Labute approximate surface area is 113 Å². The van der Waals surface area contributed by atoms with Crippen LogP contribution in [-0.4, -0.2) is 25.6 Å². The van der Waals surface area contributed by atoms with E-state index in [0.29, 0.717) is 12.5 Å². The van der Waals surface area contributed by atoms with E-state index in [4.69, 9.17) is 4.74 Å². The standard InChI is InChI=1S/C15H20N2O2/c1-19-12-6-5-10-3-2-4-14(13(10)8-12)17-11-7-15(18)16-9-11/h5-6,8,11,14,17H,2-4,7,9H2,1H3,(H,16,18). The van der Waals surface area contributed by atoms with Crippen LogP contribution in [0.2, 0.25) is 0 Å². The molecule has 2 aliphatic rings. The van der Waals surface area contributed by atoms with E-state index in [2.05, 4.69) is 22.8 Å². The van der Waals surface area contributed by atoms with Crippen molar-refractivity contribution in [1.82, 2.24) is 10.6 Å². The molecule has 1 aliphatic heterocycles. The van der Waals surface area contributed by atoms with Crippen LogP contribution in [0.1, 0.15) is 36.4 Å². The average molecular weight is 260 g/mol. The number of methoxy groups -OCH3 is 1. The summed E-state index contributed by atoms with van der Waals surface area (Å²) in [6, 6.07) is 6.93. The minimum Gasteiger partial charge on any atom is -0.497 e. The lowest BCUT2D eigenvalue weighted by molar-refractivity contribution is -0.119. The summed E-state index contributed by atoms with van der Waals surface area (Å²) >= 11 is 0. The topological polar surface area (TPSA) is 50.4 Å². The summed E-state index contributed by atoms with van der Waals surface area (Å²) in [4.78, 5) is 11.3. The maximum absolute atomic E-state index is 11.3. The van der Waals surface area contributed by atoms with Gasteiger partial charge in [0.2, 0.25) is 5.91 Å². The molecule has 1 saturated heterocycles. The zero-order valence-corrected chi connectivity index (χ0v) is 11.2. The number of nitrogens with one attached hydrogen (secondary N) is 2. The second-order valence-corrected chi connectivity index (χ2v) is 5.38. The monoisotopic (exact) mass is 260 g/mol. The molecule has 0 spiro atoms. The molecule has 0 aromatic heterocycles. The van der Waals surface area contributed by atoms with Crippen LogP contribution in [0.3, 0.4) is 0 Å². The van der Waals surface area contributed by atoms with E-state index >= 15 is 0 Å². The molecule has 102 valence electrons. The first-order chi connectivity index (χ1) is 9.26. The van der Waals surface area contributed by atoms with E-state index in [-0.39, 0.29) is 11.9 Å². The Morgan fingerprint density at radius 2 is 2.32 bits per heavy atom. The lowest BCUT2D eigenvalue weighted by Crippen LogP contribution is -2.36. The maximum Gasteiger partial charge on any atom is 0.221 e. The largest absolute Gasteiger partial charge is 0.497 e. The quantitative estimate of drug-likeness (QED) is 0.867. The van der Waals surface area contributed by atoms with Gasteiger partial charge in [-0.25, -0.2) is 0 Å². The molecular weight excluding hydrogens is 240 g/mol. The fourth-order valence-electron chi connectivity index (χ4n) is 3.08. The first-order valence-electron chi connectivity index (χ1n) is 6.96. The van der Waals surface area contributed by atoms with Gasteiger partial charge in [-0.3, -0.25) is 4.79 Å². The van der Waals surface area contributed by atoms with Gasteiger partial charge in [0.05, 0.1) is 7.11 Å². The van der Waals surface area contributed by atoms with Crippen molar-refractivity contribution in [3.63, 3.8) is 0 Å². The second-order valence-electron chi connectivity index (χ2n) is 5.38. The van der Waals surface area contributed by atoms with Crippen LogP contribution < -0.4 is 15.4 Å². The Kier molecular flexibility index (Phi) is 3.42. The number of carbonyl (C=O) groups excluding carboxylic acids is 1. The highest BCUT2D eigenvalue weighted by molar-refractivity contribution is 5.78. The van der Waals surface area contributed by atoms with Crippen LogP contribution >= 0.6 is 0 Å². The van der Waals surface area contributed by atoms with Gasteiger partial charge in [-0.05, 0) is 42.5 Å². The van der Waals surface area contributed by atoms with Gasteiger partial charge < -0.3 is 15.4 Å². The molecule has 1 aromatic rings. The lowest BCUT2D eigenvalue weighted by Gasteiger charge is -2.29. The minimum absolute atomic E-state index is 0.152. The third-order valence-corrected chi connectivity index (χ3v) is 4.08. The van der Waals surface area contributed by atoms with E-state index in [1.54, 1.807) is 7.11 Å². The number of fused-ring (bicyclic) bond motifs is 1. The SMILES string of the molecule is COc1ccc2c(c1)C(NC1CNC(=O)C1)CCC2. The molecule has 3 rings (SSSR count). The number of benzene rings is 1. The Morgan fingerprint density at radius 1 is 1.42 bits per heavy atom. The van der Waals surface area contributed by atoms with Crippen molar-refractivity contribution in [3.8, 4) is 5.75 Å². The van der Waals surface area contributed by atoms with Crippen LogP contribution in [0.15, 0.2) is 18.2 Å². The zero-order valence-electron chi connectivity index (χ0n) is 11.2. The van der Waals surface area contributed by atoms with Crippen LogP contribution in [0.25, 0.3) is 0 Å². The Morgan fingerprint density at radius 3 is 3.05 bits per heavy atom. The first kappa shape index (κ1) is 12.5. The molecule has 1 aromatic carbocycles. The van der Waals surface area contributed by atoms with Gasteiger partial charge in [0.25, 0.3) is 0 Å². The van der Waals surface area contributed by atoms with Crippen LogP contribution in [0, 0.1) is 0 Å². The molecule has 0 bridgehead atoms. The molecule has 1 fully saturated rings. The summed E-state index contributed by atoms with van der Waals surface area (Å²) in [6.07, 6.45) is 4.06. The van der Waals surface area contributed by atoms with Gasteiger partial charge in [0.15, 0.2) is 0 Å². The van der Waals surface area contributed by atoms with Crippen molar-refractivity contribution >= 4 is 5.91 Å². The molecule has 1 heterocycles. The fraction of sp³-hybridized carbons (Fsp3) is 0.533. The summed E-state index contributed by atoms with van der Waals surface area (Å²) in [7, 11) is 1.70. The normalized spacial score (nSPS) is 25.8. The van der Waals surface area contributed by atoms with E-state index in [1.807, 2.05) is 6.07 Å². The summed E-state index contributed by atoms with van der Waals surface area (Å²) in [5, 5.41) is 6.50. The summed E-state index contributed by atoms with van der Waals surface area (Å²) < 4.78 is 5.32. The smallest absolute Gasteiger partial charge is 0.221 e. The third kappa shape index (κ3) is 2.59. The number of hydrogen-bond acceptors (Lipinski definition) is 3. The summed E-state index contributed by atoms with van der Waals surface area (Å²) in [6.45, 7) is 0.745. The highest BCUT2D eigenvalue weighted by Crippen LogP contribution is 2.33. The maximum atomic E-state index is 11.3. The Balaban J connectivity index is 1.79. The highest BCUT2D eigenvalue weighted by Gasteiger charge is 2.27. The molecule has 0 saturated carbocycles. The molecule has 1 aliphatic carbocycles. The molecule has 1 amide bonds. The van der Waals surface area contributed by atoms with Crippen molar-refractivity contribution < 1.29 is 9.53 Å². The predicted octanol–water partition coefficient (Wildman–Crippen LogP) is 1.55. The van der Waals surface area contributed by atoms with E-state index in [0.717, 1.165) is 25.1 Å². The summed E-state index contributed by atoms with van der Waals surface area (Å²) in [5.74, 6) is 1.06. The molecular formula is C15H20N2O2. The van der Waals surface area contributed by atoms with E-state index in [9.17, 15) is 4.79 Å². The van der Waals surface area contributed by atoms with Gasteiger partial charge in [0.1, 0.15) is 5.75 Å². The van der Waals surface area contributed by atoms with Gasteiger partial charge >= 0.3 is 0 Å².